The maximum absolute atomic E-state index is 10.9. The van der Waals surface area contributed by atoms with Crippen LogP contribution in [0.2, 0.25) is 0 Å². The zero-order chi connectivity index (χ0) is 8.77. The largest absolute Gasteiger partial charge is 0.459 e. The highest BCUT2D eigenvalue weighted by Crippen LogP contribution is 2.50. The smallest absolute Gasteiger partial charge is 0.306 e. The molecular formula is C10H16O2. The van der Waals surface area contributed by atoms with E-state index in [1.165, 1.54) is 0 Å². The number of hydrogen-bond donors (Lipinski definition) is 0. The average Bonchev–Trinajstić information content (AvgIpc) is 2.27. The molecular weight excluding hydrogens is 152 g/mol. The van der Waals surface area contributed by atoms with Gasteiger partial charge >= 0.3 is 5.97 Å². The van der Waals surface area contributed by atoms with Gasteiger partial charge in [-0.25, -0.2) is 0 Å². The van der Waals surface area contributed by atoms with Crippen molar-refractivity contribution in [2.75, 3.05) is 0 Å². The van der Waals surface area contributed by atoms with Crippen LogP contribution in [-0.4, -0.2) is 11.6 Å². The second-order valence-electron chi connectivity index (χ2n) is 4.57. The van der Waals surface area contributed by atoms with Crippen LogP contribution in [0.4, 0.5) is 0 Å². The molecule has 12 heavy (non-hydrogen) atoms. The molecule has 1 saturated heterocycles. The molecule has 2 aliphatic rings. The summed E-state index contributed by atoms with van der Waals surface area (Å²) >= 11 is 0. The third kappa shape index (κ3) is 1.13. The summed E-state index contributed by atoms with van der Waals surface area (Å²) < 4.78 is 5.33. The fourth-order valence-electron chi connectivity index (χ4n) is 2.33. The van der Waals surface area contributed by atoms with E-state index in [4.69, 9.17) is 4.74 Å². The summed E-state index contributed by atoms with van der Waals surface area (Å²) in [7, 11) is 0. The van der Waals surface area contributed by atoms with E-state index in [0.29, 0.717) is 6.42 Å². The van der Waals surface area contributed by atoms with Gasteiger partial charge < -0.3 is 4.74 Å². The molecule has 2 heteroatoms. The van der Waals surface area contributed by atoms with Gasteiger partial charge in [0, 0.05) is 6.42 Å². The monoisotopic (exact) mass is 168 g/mol. The van der Waals surface area contributed by atoms with E-state index in [2.05, 4.69) is 13.8 Å². The minimum absolute atomic E-state index is 0.00792. The minimum Gasteiger partial charge on any atom is -0.459 e. The molecule has 1 heterocycles. The Kier molecular flexibility index (Phi) is 1.67. The summed E-state index contributed by atoms with van der Waals surface area (Å²) in [6.07, 6.45) is 3.83. The lowest BCUT2D eigenvalue weighted by molar-refractivity contribution is -0.162. The van der Waals surface area contributed by atoms with Gasteiger partial charge in [0.25, 0.3) is 0 Å². The summed E-state index contributed by atoms with van der Waals surface area (Å²) in [4.78, 5) is 10.9. The first kappa shape index (κ1) is 8.09. The van der Waals surface area contributed by atoms with E-state index in [9.17, 15) is 4.79 Å². The second kappa shape index (κ2) is 2.48. The highest BCUT2D eigenvalue weighted by molar-refractivity contribution is 5.72. The summed E-state index contributed by atoms with van der Waals surface area (Å²) in [5.74, 6) is 1.54. The molecule has 2 fully saturated rings. The Morgan fingerprint density at radius 3 is 2.58 bits per heavy atom. The lowest BCUT2D eigenvalue weighted by atomic mass is 9.65. The lowest BCUT2D eigenvalue weighted by Crippen LogP contribution is -2.45. The molecule has 0 unspecified atom stereocenters. The van der Waals surface area contributed by atoms with Crippen molar-refractivity contribution in [2.45, 2.75) is 45.1 Å². The Bertz CT molecular complexity index is 202. The van der Waals surface area contributed by atoms with E-state index in [1.807, 2.05) is 0 Å². The van der Waals surface area contributed by atoms with Gasteiger partial charge in [0.05, 0.1) is 0 Å². The predicted molar refractivity (Wildman–Crippen MR) is 45.6 cm³/mol. The van der Waals surface area contributed by atoms with Gasteiger partial charge in [0.2, 0.25) is 0 Å². The Balaban J connectivity index is 1.91. The van der Waals surface area contributed by atoms with Gasteiger partial charge in [-0.15, -0.1) is 0 Å². The van der Waals surface area contributed by atoms with Crippen LogP contribution in [0.5, 0.6) is 0 Å². The molecule has 0 aromatic heterocycles. The van der Waals surface area contributed by atoms with Crippen molar-refractivity contribution in [3.05, 3.63) is 0 Å². The van der Waals surface area contributed by atoms with Crippen molar-refractivity contribution in [1.29, 1.82) is 0 Å². The van der Waals surface area contributed by atoms with Gasteiger partial charge in [-0.3, -0.25) is 4.79 Å². The van der Waals surface area contributed by atoms with E-state index >= 15 is 0 Å². The maximum Gasteiger partial charge on any atom is 0.306 e. The molecule has 0 aromatic rings. The Morgan fingerprint density at radius 2 is 2.17 bits per heavy atom. The van der Waals surface area contributed by atoms with Crippen molar-refractivity contribution < 1.29 is 9.53 Å². The van der Waals surface area contributed by atoms with Crippen molar-refractivity contribution in [2.24, 2.45) is 11.8 Å². The standard InChI is InChI=1S/C10H16O2/c1-7(2)8-5-10(6-8)4-3-9(11)12-10/h7-8H,3-6H2,1-2H3. The van der Waals surface area contributed by atoms with Crippen LogP contribution in [0.25, 0.3) is 0 Å². The molecule has 68 valence electrons. The zero-order valence-corrected chi connectivity index (χ0v) is 7.80. The van der Waals surface area contributed by atoms with Gasteiger partial charge in [0.1, 0.15) is 5.60 Å². The number of hydrogen-bond acceptors (Lipinski definition) is 2. The fourth-order valence-corrected chi connectivity index (χ4v) is 2.33. The van der Waals surface area contributed by atoms with Crippen LogP contribution in [0.1, 0.15) is 39.5 Å². The van der Waals surface area contributed by atoms with Crippen molar-refractivity contribution in [3.8, 4) is 0 Å². The number of esters is 1. The lowest BCUT2D eigenvalue weighted by Gasteiger charge is -2.45. The first-order valence-corrected chi connectivity index (χ1v) is 4.83. The molecule has 1 aliphatic heterocycles. The predicted octanol–water partition coefficient (Wildman–Crippen LogP) is 2.13. The minimum atomic E-state index is -0.00792. The Labute approximate surface area is 73.3 Å². The van der Waals surface area contributed by atoms with Gasteiger partial charge in [-0.1, -0.05) is 13.8 Å². The average molecular weight is 168 g/mol. The normalized spacial score (nSPS) is 40.2. The van der Waals surface area contributed by atoms with Crippen LogP contribution in [0.3, 0.4) is 0 Å². The summed E-state index contributed by atoms with van der Waals surface area (Å²) in [5.41, 5.74) is -0.00792. The van der Waals surface area contributed by atoms with Gasteiger partial charge in [0.15, 0.2) is 0 Å². The number of ether oxygens (including phenoxy) is 1. The summed E-state index contributed by atoms with van der Waals surface area (Å²) in [6, 6.07) is 0. The number of carbonyl (C=O) groups excluding carboxylic acids is 1. The highest BCUT2D eigenvalue weighted by atomic mass is 16.6. The topological polar surface area (TPSA) is 26.3 Å². The molecule has 1 saturated carbocycles. The highest BCUT2D eigenvalue weighted by Gasteiger charge is 2.51. The van der Waals surface area contributed by atoms with Crippen LogP contribution in [0, 0.1) is 11.8 Å². The Hall–Kier alpha value is -0.530. The Morgan fingerprint density at radius 1 is 1.50 bits per heavy atom. The van der Waals surface area contributed by atoms with Crippen molar-refractivity contribution in [3.63, 3.8) is 0 Å². The van der Waals surface area contributed by atoms with Crippen LogP contribution >= 0.6 is 0 Å². The van der Waals surface area contributed by atoms with Crippen LogP contribution < -0.4 is 0 Å². The maximum atomic E-state index is 10.9. The third-order valence-corrected chi connectivity index (χ3v) is 3.33. The van der Waals surface area contributed by atoms with Gasteiger partial charge in [-0.05, 0) is 31.1 Å². The van der Waals surface area contributed by atoms with Crippen molar-refractivity contribution in [1.82, 2.24) is 0 Å². The van der Waals surface area contributed by atoms with Crippen molar-refractivity contribution >= 4 is 5.97 Å². The molecule has 0 radical (unpaired) electrons. The van der Waals surface area contributed by atoms with E-state index in [0.717, 1.165) is 31.1 Å². The number of rotatable bonds is 1. The molecule has 0 atom stereocenters. The molecule has 1 spiro atoms. The SMILES string of the molecule is CC(C)C1CC2(CCC(=O)O2)C1. The van der Waals surface area contributed by atoms with Crippen LogP contribution in [-0.2, 0) is 9.53 Å². The molecule has 1 aliphatic carbocycles. The molecule has 0 N–H and O–H groups in total. The summed E-state index contributed by atoms with van der Waals surface area (Å²) in [6.45, 7) is 4.49. The first-order chi connectivity index (χ1) is 5.61. The molecule has 0 aromatic carbocycles. The number of carbonyl (C=O) groups is 1. The second-order valence-corrected chi connectivity index (χ2v) is 4.57. The zero-order valence-electron chi connectivity index (χ0n) is 7.80. The first-order valence-electron chi connectivity index (χ1n) is 4.83. The van der Waals surface area contributed by atoms with Crippen LogP contribution in [0.15, 0.2) is 0 Å². The molecule has 0 amide bonds. The van der Waals surface area contributed by atoms with Gasteiger partial charge in [-0.2, -0.15) is 0 Å². The fraction of sp³-hybridized carbons (Fsp3) is 0.900. The third-order valence-electron chi connectivity index (χ3n) is 3.33. The summed E-state index contributed by atoms with van der Waals surface area (Å²) in [5, 5.41) is 0. The quantitative estimate of drug-likeness (QED) is 0.561. The van der Waals surface area contributed by atoms with E-state index in [1.54, 1.807) is 0 Å². The molecule has 0 bridgehead atoms. The van der Waals surface area contributed by atoms with E-state index < -0.39 is 0 Å². The molecule has 2 rings (SSSR count). The van der Waals surface area contributed by atoms with E-state index in [-0.39, 0.29) is 11.6 Å². The molecule has 2 nitrogen and oxygen atoms in total.